The molecule has 1 aromatic rings. The summed E-state index contributed by atoms with van der Waals surface area (Å²) >= 11 is 3.31. The summed E-state index contributed by atoms with van der Waals surface area (Å²) < 4.78 is 28.3. The number of likely N-dealkylation sites (tertiary alicyclic amines) is 1. The molecule has 0 aliphatic carbocycles. The van der Waals surface area contributed by atoms with Crippen molar-refractivity contribution >= 4 is 26.0 Å². The predicted octanol–water partition coefficient (Wildman–Crippen LogP) is 2.07. The maximum atomic E-state index is 12.3. The smallest absolute Gasteiger partial charge is 0.240 e. The van der Waals surface area contributed by atoms with E-state index in [1.807, 2.05) is 0 Å². The first-order valence-electron chi connectivity index (χ1n) is 6.35. The van der Waals surface area contributed by atoms with Gasteiger partial charge in [-0.1, -0.05) is 22.9 Å². The van der Waals surface area contributed by atoms with E-state index in [1.165, 1.54) is 0 Å². The number of halogens is 1. The molecule has 0 amide bonds. The number of rotatable bonds is 3. The number of benzene rings is 1. The van der Waals surface area contributed by atoms with Crippen LogP contribution >= 0.6 is 15.9 Å². The summed E-state index contributed by atoms with van der Waals surface area (Å²) in [5.74, 6) is 0.323. The lowest BCUT2D eigenvalue weighted by atomic mass is 9.95. The van der Waals surface area contributed by atoms with E-state index in [0.717, 1.165) is 24.0 Å². The van der Waals surface area contributed by atoms with Gasteiger partial charge in [0.2, 0.25) is 10.0 Å². The second-order valence-corrected chi connectivity index (χ2v) is 7.84. The Balaban J connectivity index is 2.11. The SMILES string of the molecule is CC1CN(C)CCC1NS(=O)(=O)c1ccc(Br)cc1. The van der Waals surface area contributed by atoms with E-state index < -0.39 is 10.0 Å². The molecule has 1 aliphatic heterocycles. The minimum atomic E-state index is -3.42. The standard InChI is InChI=1S/C13H19BrN2O2S/c1-10-9-16(2)8-7-13(10)15-19(17,18)12-5-3-11(14)4-6-12/h3-6,10,13,15H,7-9H2,1-2H3. The van der Waals surface area contributed by atoms with Crippen molar-refractivity contribution < 1.29 is 8.42 Å². The van der Waals surface area contributed by atoms with E-state index in [2.05, 4.69) is 39.5 Å². The van der Waals surface area contributed by atoms with Crippen molar-refractivity contribution in [2.45, 2.75) is 24.3 Å². The normalized spacial score (nSPS) is 25.4. The molecule has 19 heavy (non-hydrogen) atoms. The summed E-state index contributed by atoms with van der Waals surface area (Å²) in [6.07, 6.45) is 0.855. The van der Waals surface area contributed by atoms with Crippen molar-refractivity contribution in [3.05, 3.63) is 28.7 Å². The lowest BCUT2D eigenvalue weighted by Crippen LogP contribution is -2.48. The molecule has 1 aromatic carbocycles. The quantitative estimate of drug-likeness (QED) is 0.911. The van der Waals surface area contributed by atoms with Gasteiger partial charge < -0.3 is 4.90 Å². The van der Waals surface area contributed by atoms with Gasteiger partial charge in [0.25, 0.3) is 0 Å². The lowest BCUT2D eigenvalue weighted by molar-refractivity contribution is 0.188. The highest BCUT2D eigenvalue weighted by atomic mass is 79.9. The van der Waals surface area contributed by atoms with E-state index in [4.69, 9.17) is 0 Å². The van der Waals surface area contributed by atoms with Gasteiger partial charge in [-0.05, 0) is 50.2 Å². The fourth-order valence-electron chi connectivity index (χ4n) is 2.41. The van der Waals surface area contributed by atoms with Crippen molar-refractivity contribution in [1.29, 1.82) is 0 Å². The molecule has 2 unspecified atom stereocenters. The van der Waals surface area contributed by atoms with Gasteiger partial charge in [0.15, 0.2) is 0 Å². The monoisotopic (exact) mass is 346 g/mol. The van der Waals surface area contributed by atoms with Crippen LogP contribution in [0.15, 0.2) is 33.6 Å². The van der Waals surface area contributed by atoms with E-state index in [1.54, 1.807) is 24.3 Å². The first-order chi connectivity index (χ1) is 8.88. The molecule has 1 N–H and O–H groups in total. The third-order valence-electron chi connectivity index (χ3n) is 3.54. The molecule has 2 atom stereocenters. The molecule has 106 valence electrons. The third kappa shape index (κ3) is 3.78. The molecular weight excluding hydrogens is 328 g/mol. The maximum Gasteiger partial charge on any atom is 0.240 e. The van der Waals surface area contributed by atoms with Gasteiger partial charge in [-0.2, -0.15) is 0 Å². The molecule has 6 heteroatoms. The zero-order valence-corrected chi connectivity index (χ0v) is 13.5. The van der Waals surface area contributed by atoms with Crippen LogP contribution in [-0.2, 0) is 10.0 Å². The van der Waals surface area contributed by atoms with Crippen LogP contribution < -0.4 is 4.72 Å². The minimum absolute atomic E-state index is 0.0184. The molecule has 0 saturated carbocycles. The Bertz CT molecular complexity index is 530. The van der Waals surface area contributed by atoms with Crippen LogP contribution in [0.25, 0.3) is 0 Å². The third-order valence-corrected chi connectivity index (χ3v) is 5.57. The zero-order valence-electron chi connectivity index (χ0n) is 11.1. The summed E-state index contributed by atoms with van der Waals surface area (Å²) in [4.78, 5) is 2.55. The van der Waals surface area contributed by atoms with E-state index in [9.17, 15) is 8.42 Å². The van der Waals surface area contributed by atoms with Crippen molar-refractivity contribution in [3.63, 3.8) is 0 Å². The van der Waals surface area contributed by atoms with Crippen molar-refractivity contribution in [1.82, 2.24) is 9.62 Å². The van der Waals surface area contributed by atoms with Crippen molar-refractivity contribution in [3.8, 4) is 0 Å². The highest BCUT2D eigenvalue weighted by Crippen LogP contribution is 2.19. The molecule has 1 saturated heterocycles. The Morgan fingerprint density at radius 1 is 1.32 bits per heavy atom. The predicted molar refractivity (Wildman–Crippen MR) is 79.5 cm³/mol. The van der Waals surface area contributed by atoms with E-state index in [0.29, 0.717) is 10.8 Å². The maximum absolute atomic E-state index is 12.3. The number of hydrogen-bond donors (Lipinski definition) is 1. The molecule has 1 aliphatic rings. The molecule has 0 aromatic heterocycles. The topological polar surface area (TPSA) is 49.4 Å². The Labute approximate surface area is 123 Å². The lowest BCUT2D eigenvalue weighted by Gasteiger charge is -2.34. The summed E-state index contributed by atoms with van der Waals surface area (Å²) in [6.45, 7) is 3.94. The van der Waals surface area contributed by atoms with Crippen LogP contribution in [0.5, 0.6) is 0 Å². The Hall–Kier alpha value is -0.430. The van der Waals surface area contributed by atoms with Gasteiger partial charge in [0, 0.05) is 17.1 Å². The highest BCUT2D eigenvalue weighted by molar-refractivity contribution is 9.10. The summed E-state index contributed by atoms with van der Waals surface area (Å²) in [6, 6.07) is 6.74. The molecule has 2 rings (SSSR count). The number of nitrogens with one attached hydrogen (secondary N) is 1. The first kappa shape index (κ1) is 15.0. The molecule has 0 bridgehead atoms. The molecule has 1 heterocycles. The second-order valence-electron chi connectivity index (χ2n) is 5.21. The molecule has 0 radical (unpaired) electrons. The molecule has 4 nitrogen and oxygen atoms in total. The van der Waals surface area contributed by atoms with Gasteiger partial charge >= 0.3 is 0 Å². The van der Waals surface area contributed by atoms with Crippen LogP contribution in [0.4, 0.5) is 0 Å². The minimum Gasteiger partial charge on any atom is -0.306 e. The zero-order chi connectivity index (χ0) is 14.0. The van der Waals surface area contributed by atoms with Crippen LogP contribution in [0.1, 0.15) is 13.3 Å². The molecule has 1 fully saturated rings. The van der Waals surface area contributed by atoms with E-state index in [-0.39, 0.29) is 6.04 Å². The van der Waals surface area contributed by atoms with E-state index >= 15 is 0 Å². The van der Waals surface area contributed by atoms with Gasteiger partial charge in [-0.3, -0.25) is 0 Å². The second kappa shape index (κ2) is 5.91. The van der Waals surface area contributed by atoms with Crippen LogP contribution in [0, 0.1) is 5.92 Å². The number of hydrogen-bond acceptors (Lipinski definition) is 3. The number of nitrogens with zero attached hydrogens (tertiary/aromatic N) is 1. The fourth-order valence-corrected chi connectivity index (χ4v) is 4.05. The average molecular weight is 347 g/mol. The number of piperidine rings is 1. The Kier molecular flexibility index (Phi) is 4.66. The van der Waals surface area contributed by atoms with Crippen molar-refractivity contribution in [2.24, 2.45) is 5.92 Å². The van der Waals surface area contributed by atoms with Gasteiger partial charge in [0.05, 0.1) is 4.90 Å². The molecular formula is C13H19BrN2O2S. The van der Waals surface area contributed by atoms with Gasteiger partial charge in [-0.15, -0.1) is 0 Å². The Morgan fingerprint density at radius 3 is 2.53 bits per heavy atom. The van der Waals surface area contributed by atoms with Crippen LogP contribution in [0.2, 0.25) is 0 Å². The molecule has 0 spiro atoms. The van der Waals surface area contributed by atoms with Crippen LogP contribution in [0.3, 0.4) is 0 Å². The summed E-state index contributed by atoms with van der Waals surface area (Å²) in [5.41, 5.74) is 0. The Morgan fingerprint density at radius 2 is 1.95 bits per heavy atom. The fraction of sp³-hybridized carbons (Fsp3) is 0.538. The largest absolute Gasteiger partial charge is 0.306 e. The highest BCUT2D eigenvalue weighted by Gasteiger charge is 2.28. The van der Waals surface area contributed by atoms with Gasteiger partial charge in [-0.25, -0.2) is 13.1 Å². The number of sulfonamides is 1. The average Bonchev–Trinajstić information content (AvgIpc) is 2.33. The first-order valence-corrected chi connectivity index (χ1v) is 8.62. The summed E-state index contributed by atoms with van der Waals surface area (Å²) in [5, 5.41) is 0. The van der Waals surface area contributed by atoms with Crippen molar-refractivity contribution in [2.75, 3.05) is 20.1 Å². The summed E-state index contributed by atoms with van der Waals surface area (Å²) in [7, 11) is -1.35. The van der Waals surface area contributed by atoms with Crippen LogP contribution in [-0.4, -0.2) is 39.5 Å². The van der Waals surface area contributed by atoms with Gasteiger partial charge in [0.1, 0.15) is 0 Å².